The van der Waals surface area contributed by atoms with Crippen LogP contribution in [-0.4, -0.2) is 37.2 Å². The minimum Gasteiger partial charge on any atom is -0.462 e. The smallest absolute Gasteiger partial charge is 0.306 e. The topological polar surface area (TPSA) is 78.9 Å². The van der Waals surface area contributed by atoms with Crippen LogP contribution in [0.25, 0.3) is 0 Å². The van der Waals surface area contributed by atoms with E-state index in [1.54, 1.807) is 0 Å². The van der Waals surface area contributed by atoms with Crippen LogP contribution in [0, 0.1) is 0 Å². The Morgan fingerprint density at radius 1 is 0.280 bits per heavy atom. The van der Waals surface area contributed by atoms with Gasteiger partial charge in [0.05, 0.1) is 0 Å². The van der Waals surface area contributed by atoms with E-state index in [1.165, 1.54) is 167 Å². The Balaban J connectivity index is 4.42. The Bertz CT molecular complexity index is 1430. The molecule has 0 saturated carbocycles. The summed E-state index contributed by atoms with van der Waals surface area (Å²) in [6, 6.07) is 0. The number of hydrogen-bond acceptors (Lipinski definition) is 6. The van der Waals surface area contributed by atoms with Crippen molar-refractivity contribution in [1.29, 1.82) is 0 Å². The third-order valence-electron chi connectivity index (χ3n) is 13.9. The van der Waals surface area contributed by atoms with Gasteiger partial charge in [0.25, 0.3) is 0 Å². The van der Waals surface area contributed by atoms with E-state index in [1.807, 2.05) is 0 Å². The second-order valence-corrected chi connectivity index (χ2v) is 21.3. The van der Waals surface area contributed by atoms with E-state index in [2.05, 4.69) is 106 Å². The molecule has 0 rings (SSSR count). The lowest BCUT2D eigenvalue weighted by molar-refractivity contribution is -0.167. The van der Waals surface area contributed by atoms with Crippen LogP contribution < -0.4 is 0 Å². The molecular formula is C69H120O6. The predicted molar refractivity (Wildman–Crippen MR) is 325 cm³/mol. The molecule has 0 unspecified atom stereocenters. The maximum Gasteiger partial charge on any atom is 0.306 e. The number of carbonyl (C=O) groups is 3. The van der Waals surface area contributed by atoms with Crippen molar-refractivity contribution in [3.8, 4) is 0 Å². The molecule has 0 aliphatic rings. The van der Waals surface area contributed by atoms with E-state index in [4.69, 9.17) is 14.2 Å². The summed E-state index contributed by atoms with van der Waals surface area (Å²) in [6.45, 7) is 6.51. The van der Waals surface area contributed by atoms with Crippen LogP contribution >= 0.6 is 0 Å². The van der Waals surface area contributed by atoms with Gasteiger partial charge in [-0.15, -0.1) is 0 Å². The molecule has 0 bridgehead atoms. The zero-order valence-electron chi connectivity index (χ0n) is 49.6. The molecule has 0 N–H and O–H groups in total. The average molecular weight is 1050 g/mol. The molecule has 0 fully saturated rings. The lowest BCUT2D eigenvalue weighted by atomic mass is 10.0. The minimum absolute atomic E-state index is 0.0892. The summed E-state index contributed by atoms with van der Waals surface area (Å²) < 4.78 is 16.9. The van der Waals surface area contributed by atoms with Crippen LogP contribution in [0.15, 0.2) is 85.1 Å². The monoisotopic (exact) mass is 1040 g/mol. The van der Waals surface area contributed by atoms with Gasteiger partial charge in [-0.25, -0.2) is 0 Å². The van der Waals surface area contributed by atoms with Crippen molar-refractivity contribution in [2.75, 3.05) is 13.2 Å². The molecule has 1 atom stereocenters. The lowest BCUT2D eigenvalue weighted by Gasteiger charge is -2.18. The second-order valence-electron chi connectivity index (χ2n) is 21.3. The summed E-state index contributed by atoms with van der Waals surface area (Å²) in [4.78, 5) is 38.3. The molecule has 0 aliphatic carbocycles. The fourth-order valence-corrected chi connectivity index (χ4v) is 9.09. The normalized spacial score (nSPS) is 12.6. The van der Waals surface area contributed by atoms with E-state index in [0.717, 1.165) is 109 Å². The molecule has 6 heteroatoms. The first kappa shape index (κ1) is 71.6. The molecule has 0 spiro atoms. The zero-order chi connectivity index (χ0) is 54.3. The average Bonchev–Trinajstić information content (AvgIpc) is 3.41. The Labute approximate surface area is 465 Å². The number of hydrogen-bond donors (Lipinski definition) is 0. The van der Waals surface area contributed by atoms with Crippen molar-refractivity contribution in [3.63, 3.8) is 0 Å². The maximum atomic E-state index is 12.9. The Morgan fingerprint density at radius 2 is 0.520 bits per heavy atom. The molecule has 0 radical (unpaired) electrons. The highest BCUT2D eigenvalue weighted by Crippen LogP contribution is 2.17. The molecule has 0 aromatic rings. The first-order valence-corrected chi connectivity index (χ1v) is 32.1. The summed E-state index contributed by atoms with van der Waals surface area (Å²) in [6.07, 6.45) is 83.0. The summed E-state index contributed by atoms with van der Waals surface area (Å²) in [5.74, 6) is -0.915. The highest BCUT2D eigenvalue weighted by Gasteiger charge is 2.19. The quantitative estimate of drug-likeness (QED) is 0.0261. The van der Waals surface area contributed by atoms with E-state index in [9.17, 15) is 14.4 Å². The first-order valence-electron chi connectivity index (χ1n) is 32.1. The fraction of sp³-hybridized carbons (Fsp3) is 0.754. The van der Waals surface area contributed by atoms with Gasteiger partial charge in [0, 0.05) is 19.3 Å². The van der Waals surface area contributed by atoms with Gasteiger partial charge in [0.15, 0.2) is 6.10 Å². The molecule has 0 heterocycles. The summed E-state index contributed by atoms with van der Waals surface area (Å²) in [5.41, 5.74) is 0. The van der Waals surface area contributed by atoms with Crippen LogP contribution in [0.1, 0.15) is 316 Å². The number of carbonyl (C=O) groups excluding carboxylic acids is 3. The van der Waals surface area contributed by atoms with Gasteiger partial charge in [-0.05, 0) is 96.3 Å². The van der Waals surface area contributed by atoms with Crippen LogP contribution in [0.4, 0.5) is 0 Å². The highest BCUT2D eigenvalue weighted by atomic mass is 16.6. The highest BCUT2D eigenvalue weighted by molar-refractivity contribution is 5.71. The SMILES string of the molecule is CC/C=C\C/C=C\C/C=C\C/C=C\C/C=C\CCCCCC(=O)OC[C@H](COC(=O)CCCCCCCCC/C=C\C/C=C\CCCCC)OC(=O)CCCCCCCCCCCCCCCCCCCCCCC. The van der Waals surface area contributed by atoms with Gasteiger partial charge in [0.1, 0.15) is 13.2 Å². The fourth-order valence-electron chi connectivity index (χ4n) is 9.09. The van der Waals surface area contributed by atoms with Gasteiger partial charge in [0.2, 0.25) is 0 Å². The van der Waals surface area contributed by atoms with Crippen molar-refractivity contribution in [2.24, 2.45) is 0 Å². The number of allylic oxidation sites excluding steroid dienone is 14. The molecule has 0 saturated heterocycles. The van der Waals surface area contributed by atoms with Gasteiger partial charge in [-0.1, -0.05) is 286 Å². The molecule has 0 aliphatic heterocycles. The summed E-state index contributed by atoms with van der Waals surface area (Å²) in [5, 5.41) is 0. The van der Waals surface area contributed by atoms with E-state index in [-0.39, 0.29) is 31.1 Å². The van der Waals surface area contributed by atoms with Gasteiger partial charge >= 0.3 is 17.9 Å². The van der Waals surface area contributed by atoms with Crippen LogP contribution in [0.3, 0.4) is 0 Å². The maximum absolute atomic E-state index is 12.9. The van der Waals surface area contributed by atoms with Crippen molar-refractivity contribution < 1.29 is 28.6 Å². The van der Waals surface area contributed by atoms with Gasteiger partial charge < -0.3 is 14.2 Å². The van der Waals surface area contributed by atoms with Crippen LogP contribution in [0.5, 0.6) is 0 Å². The first-order chi connectivity index (χ1) is 37.0. The molecular weight excluding hydrogens is 925 g/mol. The Hall–Kier alpha value is -3.41. The summed E-state index contributed by atoms with van der Waals surface area (Å²) >= 11 is 0. The minimum atomic E-state index is -0.794. The summed E-state index contributed by atoms with van der Waals surface area (Å²) in [7, 11) is 0. The number of ether oxygens (including phenoxy) is 3. The number of unbranched alkanes of at least 4 members (excludes halogenated alkanes) is 33. The van der Waals surface area contributed by atoms with Gasteiger partial charge in [-0.2, -0.15) is 0 Å². The van der Waals surface area contributed by atoms with E-state index < -0.39 is 6.10 Å². The third kappa shape index (κ3) is 61.3. The number of esters is 3. The van der Waals surface area contributed by atoms with Crippen molar-refractivity contribution in [3.05, 3.63) is 85.1 Å². The van der Waals surface area contributed by atoms with Crippen LogP contribution in [0.2, 0.25) is 0 Å². The largest absolute Gasteiger partial charge is 0.462 e. The van der Waals surface area contributed by atoms with Gasteiger partial charge in [-0.3, -0.25) is 14.4 Å². The molecule has 0 aromatic carbocycles. The van der Waals surface area contributed by atoms with Crippen molar-refractivity contribution in [2.45, 2.75) is 322 Å². The lowest BCUT2D eigenvalue weighted by Crippen LogP contribution is -2.30. The third-order valence-corrected chi connectivity index (χ3v) is 13.9. The van der Waals surface area contributed by atoms with E-state index in [0.29, 0.717) is 19.3 Å². The zero-order valence-corrected chi connectivity index (χ0v) is 49.6. The van der Waals surface area contributed by atoms with E-state index >= 15 is 0 Å². The van der Waals surface area contributed by atoms with Crippen molar-refractivity contribution >= 4 is 17.9 Å². The predicted octanol–water partition coefficient (Wildman–Crippen LogP) is 21.9. The Kier molecular flexibility index (Phi) is 60.3. The molecule has 6 nitrogen and oxygen atoms in total. The van der Waals surface area contributed by atoms with Crippen molar-refractivity contribution in [1.82, 2.24) is 0 Å². The molecule has 432 valence electrons. The molecule has 75 heavy (non-hydrogen) atoms. The molecule has 0 amide bonds. The molecule has 0 aromatic heterocycles. The Morgan fingerprint density at radius 3 is 0.853 bits per heavy atom. The second kappa shape index (κ2) is 63.1. The van der Waals surface area contributed by atoms with Crippen LogP contribution in [-0.2, 0) is 28.6 Å². The standard InChI is InChI=1S/C69H120O6/c1-4-7-10-13-16-19-22-25-28-31-33-34-36-39-42-45-48-51-54-57-60-63-69(72)75-66(64-73-67(70)61-58-55-52-49-46-43-40-37-30-27-24-21-18-15-12-9-6-3)65-74-68(71)62-59-56-53-50-47-44-41-38-35-32-29-26-23-20-17-14-11-8-5-2/h8,11,17-18,20-21,26-27,29-30,35,38,44,47,66H,4-7,9-10,12-16,19,22-25,28,31-34,36-37,39-43,45-46,48-65H2,1-3H3/b11-8-,20-17-,21-18-,29-26-,30-27-,38-35-,47-44-/t66-/m0/s1. The number of rotatable bonds is 58.